The smallest absolute Gasteiger partial charge is 0.259 e. The van der Waals surface area contributed by atoms with Crippen LogP contribution in [0.3, 0.4) is 0 Å². The lowest BCUT2D eigenvalue weighted by Crippen LogP contribution is -2.36. The van der Waals surface area contributed by atoms with E-state index >= 15 is 0 Å². The Kier molecular flexibility index (Phi) is 5.83. The highest BCUT2D eigenvalue weighted by molar-refractivity contribution is 6.30. The van der Waals surface area contributed by atoms with Crippen LogP contribution in [0.5, 0.6) is 0 Å². The molecule has 2 atom stereocenters. The summed E-state index contributed by atoms with van der Waals surface area (Å²) < 4.78 is 1.43. The van der Waals surface area contributed by atoms with Crippen LogP contribution in [0.1, 0.15) is 44.2 Å². The van der Waals surface area contributed by atoms with Gasteiger partial charge in [-0.3, -0.25) is 14.4 Å². The summed E-state index contributed by atoms with van der Waals surface area (Å²) in [6, 6.07) is 13.7. The number of pyridine rings is 1. The Morgan fingerprint density at radius 1 is 1.00 bits per heavy atom. The predicted molar refractivity (Wildman–Crippen MR) is 123 cm³/mol. The Hall–Kier alpha value is -3.12. The van der Waals surface area contributed by atoms with Gasteiger partial charge in [0.05, 0.1) is 5.92 Å². The molecule has 1 aliphatic rings. The molecular formula is C24H24ClN3O3. The van der Waals surface area contributed by atoms with E-state index in [-0.39, 0.29) is 29.3 Å². The molecule has 3 aromatic rings. The van der Waals surface area contributed by atoms with Gasteiger partial charge in [-0.2, -0.15) is 0 Å². The molecule has 2 amide bonds. The third kappa shape index (κ3) is 4.49. The van der Waals surface area contributed by atoms with Crippen molar-refractivity contribution in [1.82, 2.24) is 9.88 Å². The number of halogens is 1. The Balaban J connectivity index is 1.59. The number of nitrogens with one attached hydrogen (secondary N) is 2. The van der Waals surface area contributed by atoms with E-state index < -0.39 is 6.04 Å². The van der Waals surface area contributed by atoms with Gasteiger partial charge < -0.3 is 15.2 Å². The van der Waals surface area contributed by atoms with E-state index in [1.54, 1.807) is 49.5 Å². The summed E-state index contributed by atoms with van der Waals surface area (Å²) in [5, 5.41) is 7.56. The van der Waals surface area contributed by atoms with Crippen molar-refractivity contribution in [3.63, 3.8) is 0 Å². The second-order valence-corrected chi connectivity index (χ2v) is 8.45. The van der Waals surface area contributed by atoms with Crippen molar-refractivity contribution in [2.75, 3.05) is 5.32 Å². The number of anilines is 1. The number of carbonyl (C=O) groups excluding carboxylic acids is 2. The Labute approximate surface area is 185 Å². The molecular weight excluding hydrogens is 414 g/mol. The first-order chi connectivity index (χ1) is 14.8. The lowest BCUT2D eigenvalue weighted by Gasteiger charge is -2.17. The molecule has 1 heterocycles. The number of aromatic nitrogens is 1. The Morgan fingerprint density at radius 3 is 2.39 bits per heavy atom. The molecule has 7 heteroatoms. The van der Waals surface area contributed by atoms with Crippen molar-refractivity contribution in [2.24, 2.45) is 0 Å². The monoisotopic (exact) mass is 437 g/mol. The van der Waals surface area contributed by atoms with E-state index in [4.69, 9.17) is 11.6 Å². The van der Waals surface area contributed by atoms with Crippen LogP contribution < -0.4 is 16.2 Å². The van der Waals surface area contributed by atoms with Crippen molar-refractivity contribution < 1.29 is 9.59 Å². The summed E-state index contributed by atoms with van der Waals surface area (Å²) >= 11 is 5.93. The van der Waals surface area contributed by atoms with Crippen LogP contribution in [-0.4, -0.2) is 22.4 Å². The van der Waals surface area contributed by atoms with Gasteiger partial charge >= 0.3 is 0 Å². The highest BCUT2D eigenvalue weighted by atomic mass is 35.5. The molecule has 0 aliphatic heterocycles. The fourth-order valence-corrected chi connectivity index (χ4v) is 3.65. The molecule has 1 aliphatic carbocycles. The zero-order valence-electron chi connectivity index (χ0n) is 17.4. The number of fused-ring (bicyclic) bond motifs is 1. The number of nitrogens with zero attached hydrogens (tertiary/aromatic N) is 1. The highest BCUT2D eigenvalue weighted by Crippen LogP contribution is 2.25. The van der Waals surface area contributed by atoms with Crippen molar-refractivity contribution in [3.05, 3.63) is 75.7 Å². The van der Waals surface area contributed by atoms with Gasteiger partial charge in [0.2, 0.25) is 11.8 Å². The van der Waals surface area contributed by atoms with Crippen molar-refractivity contribution in [2.45, 2.75) is 44.7 Å². The maximum Gasteiger partial charge on any atom is 0.259 e. The van der Waals surface area contributed by atoms with Gasteiger partial charge in [-0.25, -0.2) is 0 Å². The molecule has 2 N–H and O–H groups in total. The van der Waals surface area contributed by atoms with Crippen LogP contribution in [0.15, 0.2) is 59.5 Å². The molecule has 0 saturated heterocycles. The second-order valence-electron chi connectivity index (χ2n) is 8.02. The minimum atomic E-state index is -0.610. The van der Waals surface area contributed by atoms with Crippen molar-refractivity contribution in [3.8, 4) is 0 Å². The van der Waals surface area contributed by atoms with Gasteiger partial charge in [-0.1, -0.05) is 29.8 Å². The predicted octanol–water partition coefficient (Wildman–Crippen LogP) is 4.24. The molecule has 1 saturated carbocycles. The van der Waals surface area contributed by atoms with E-state index in [0.29, 0.717) is 21.5 Å². The number of hydrogen-bond acceptors (Lipinski definition) is 3. The Morgan fingerprint density at radius 2 is 1.71 bits per heavy atom. The minimum absolute atomic E-state index is 0.162. The first-order valence-corrected chi connectivity index (χ1v) is 10.7. The highest BCUT2D eigenvalue weighted by Gasteiger charge is 2.27. The zero-order valence-corrected chi connectivity index (χ0v) is 18.1. The van der Waals surface area contributed by atoms with Crippen LogP contribution in [-0.2, 0) is 9.59 Å². The van der Waals surface area contributed by atoms with Crippen LogP contribution in [0.4, 0.5) is 5.69 Å². The zero-order chi connectivity index (χ0) is 22.1. The summed E-state index contributed by atoms with van der Waals surface area (Å²) in [6.45, 7) is 3.53. The quantitative estimate of drug-likeness (QED) is 0.605. The summed E-state index contributed by atoms with van der Waals surface area (Å²) in [5.74, 6) is -0.736. The molecule has 4 rings (SSSR count). The normalized spacial score (nSPS) is 15.3. The third-order valence-corrected chi connectivity index (χ3v) is 5.97. The fourth-order valence-electron chi connectivity index (χ4n) is 3.53. The fraction of sp³-hybridized carbons (Fsp3) is 0.292. The molecule has 160 valence electrons. The summed E-state index contributed by atoms with van der Waals surface area (Å²) in [4.78, 5) is 38.3. The van der Waals surface area contributed by atoms with Gasteiger partial charge in [0.1, 0.15) is 6.04 Å². The van der Waals surface area contributed by atoms with E-state index in [9.17, 15) is 14.4 Å². The number of amides is 2. The van der Waals surface area contributed by atoms with Crippen LogP contribution in [0.25, 0.3) is 10.8 Å². The maximum atomic E-state index is 13.1. The minimum Gasteiger partial charge on any atom is -0.352 e. The molecule has 0 radical (unpaired) electrons. The average Bonchev–Trinajstić information content (AvgIpc) is 3.58. The van der Waals surface area contributed by atoms with E-state index in [1.165, 1.54) is 4.57 Å². The number of benzene rings is 2. The van der Waals surface area contributed by atoms with E-state index in [0.717, 1.165) is 18.4 Å². The molecule has 2 aromatic carbocycles. The second kappa shape index (κ2) is 8.55. The van der Waals surface area contributed by atoms with Gasteiger partial charge in [-0.15, -0.1) is 0 Å². The van der Waals surface area contributed by atoms with Gasteiger partial charge in [0.25, 0.3) is 5.56 Å². The van der Waals surface area contributed by atoms with E-state index in [2.05, 4.69) is 10.6 Å². The lowest BCUT2D eigenvalue weighted by atomic mass is 10.00. The SMILES string of the molecule is C[C@H](C(=O)Nc1cccc2c(=O)n([C@H](C)C(=O)NC3CC3)ccc12)c1ccc(Cl)cc1. The topological polar surface area (TPSA) is 80.2 Å². The van der Waals surface area contributed by atoms with Crippen LogP contribution in [0, 0.1) is 0 Å². The van der Waals surface area contributed by atoms with Crippen LogP contribution in [0.2, 0.25) is 5.02 Å². The standard InChI is InChI=1S/C24H24ClN3O3/c1-14(16-6-8-17(25)9-7-16)22(29)27-21-5-3-4-20-19(21)12-13-28(24(20)31)15(2)23(30)26-18-10-11-18/h3-9,12-15,18H,10-11H2,1-2H3,(H,26,30)(H,27,29)/t14-,15+/m0/s1. The molecule has 0 bridgehead atoms. The lowest BCUT2D eigenvalue weighted by molar-refractivity contribution is -0.124. The third-order valence-electron chi connectivity index (χ3n) is 5.71. The molecule has 6 nitrogen and oxygen atoms in total. The van der Waals surface area contributed by atoms with Gasteiger partial charge in [0.15, 0.2) is 0 Å². The molecule has 0 unspecified atom stereocenters. The molecule has 1 aromatic heterocycles. The summed E-state index contributed by atoms with van der Waals surface area (Å²) in [5.41, 5.74) is 1.14. The molecule has 31 heavy (non-hydrogen) atoms. The van der Waals surface area contributed by atoms with Crippen molar-refractivity contribution >= 4 is 39.9 Å². The maximum absolute atomic E-state index is 13.1. The molecule has 0 spiro atoms. The van der Waals surface area contributed by atoms with Gasteiger partial charge in [-0.05, 0) is 62.6 Å². The van der Waals surface area contributed by atoms with Crippen molar-refractivity contribution in [1.29, 1.82) is 0 Å². The number of carbonyl (C=O) groups is 2. The van der Waals surface area contributed by atoms with Gasteiger partial charge in [0, 0.05) is 33.7 Å². The summed E-state index contributed by atoms with van der Waals surface area (Å²) in [7, 11) is 0. The number of rotatable bonds is 6. The summed E-state index contributed by atoms with van der Waals surface area (Å²) in [6.07, 6.45) is 3.59. The average molecular weight is 438 g/mol. The van der Waals surface area contributed by atoms with E-state index in [1.807, 2.05) is 19.1 Å². The Bertz CT molecular complexity index is 1200. The van der Waals surface area contributed by atoms with Crippen LogP contribution >= 0.6 is 11.6 Å². The largest absolute Gasteiger partial charge is 0.352 e. The first kappa shape index (κ1) is 21.1. The first-order valence-electron chi connectivity index (χ1n) is 10.4. The molecule has 1 fully saturated rings. The number of hydrogen-bond donors (Lipinski definition) is 2.